The molecule has 3 rings (SSSR count). The molecular formula is C15H19NO3S. The summed E-state index contributed by atoms with van der Waals surface area (Å²) < 4.78 is 0. The number of carboxylic acid groups (broad SMARTS) is 1. The highest BCUT2D eigenvalue weighted by atomic mass is 32.1. The quantitative estimate of drug-likeness (QED) is 0.932. The number of hydrogen-bond acceptors (Lipinski definition) is 3. The molecule has 1 unspecified atom stereocenters. The first kappa shape index (κ1) is 13.6. The van der Waals surface area contributed by atoms with E-state index in [0.29, 0.717) is 19.4 Å². The minimum Gasteiger partial charge on any atom is -0.479 e. The van der Waals surface area contributed by atoms with Crippen molar-refractivity contribution in [2.45, 2.75) is 51.0 Å². The maximum absolute atomic E-state index is 12.7. The van der Waals surface area contributed by atoms with E-state index in [1.165, 1.54) is 16.9 Å². The Labute approximate surface area is 122 Å². The zero-order valence-corrected chi connectivity index (χ0v) is 12.5. The molecule has 108 valence electrons. The van der Waals surface area contributed by atoms with Gasteiger partial charge in [-0.25, -0.2) is 4.79 Å². The Morgan fingerprint density at radius 1 is 1.40 bits per heavy atom. The number of nitrogens with zero attached hydrogens (tertiary/aromatic N) is 1. The second kappa shape index (κ2) is 4.88. The van der Waals surface area contributed by atoms with Crippen LogP contribution >= 0.6 is 11.3 Å². The molecule has 5 heteroatoms. The normalized spacial score (nSPS) is 24.9. The van der Waals surface area contributed by atoms with Crippen LogP contribution in [0.25, 0.3) is 0 Å². The molecule has 1 aromatic rings. The smallest absolute Gasteiger partial charge is 0.329 e. The molecule has 0 aromatic carbocycles. The van der Waals surface area contributed by atoms with Gasteiger partial charge in [-0.1, -0.05) is 6.92 Å². The monoisotopic (exact) mass is 293 g/mol. The van der Waals surface area contributed by atoms with Crippen molar-refractivity contribution in [1.29, 1.82) is 0 Å². The molecule has 1 N–H and O–H groups in total. The molecule has 0 spiro atoms. The number of rotatable bonds is 3. The average molecular weight is 293 g/mol. The molecule has 1 fully saturated rings. The van der Waals surface area contributed by atoms with Crippen LogP contribution < -0.4 is 0 Å². The molecule has 1 aromatic heterocycles. The summed E-state index contributed by atoms with van der Waals surface area (Å²) in [5.41, 5.74) is 0.292. The first-order valence-corrected chi connectivity index (χ1v) is 8.07. The molecule has 2 heterocycles. The van der Waals surface area contributed by atoms with Crippen LogP contribution in [0.1, 0.15) is 52.7 Å². The maximum Gasteiger partial charge on any atom is 0.329 e. The molecule has 0 radical (unpaired) electrons. The second-order valence-corrected chi connectivity index (χ2v) is 6.80. The molecule has 0 saturated carbocycles. The Morgan fingerprint density at radius 3 is 2.85 bits per heavy atom. The van der Waals surface area contributed by atoms with Gasteiger partial charge in [0.1, 0.15) is 5.54 Å². The predicted molar refractivity (Wildman–Crippen MR) is 77.3 cm³/mol. The van der Waals surface area contributed by atoms with Gasteiger partial charge in [0, 0.05) is 11.4 Å². The van der Waals surface area contributed by atoms with E-state index in [2.05, 4.69) is 0 Å². The summed E-state index contributed by atoms with van der Waals surface area (Å²) in [6, 6.07) is 1.98. The molecule has 0 bridgehead atoms. The van der Waals surface area contributed by atoms with Crippen molar-refractivity contribution in [3.63, 3.8) is 0 Å². The summed E-state index contributed by atoms with van der Waals surface area (Å²) in [6.45, 7) is 2.41. The van der Waals surface area contributed by atoms with Gasteiger partial charge in [0.25, 0.3) is 5.91 Å². The van der Waals surface area contributed by atoms with Crippen molar-refractivity contribution in [3.8, 4) is 0 Å². The summed E-state index contributed by atoms with van der Waals surface area (Å²) in [7, 11) is 0. The van der Waals surface area contributed by atoms with Gasteiger partial charge < -0.3 is 10.0 Å². The fraction of sp³-hybridized carbons (Fsp3) is 0.600. The third-order valence-corrected chi connectivity index (χ3v) is 5.90. The zero-order chi connectivity index (χ0) is 14.3. The van der Waals surface area contributed by atoms with Crippen LogP contribution in [0.15, 0.2) is 6.07 Å². The number of hydrogen-bond donors (Lipinski definition) is 1. The largest absolute Gasteiger partial charge is 0.479 e. The number of carbonyl (C=O) groups is 2. The summed E-state index contributed by atoms with van der Waals surface area (Å²) in [5, 5.41) is 9.56. The standard InChI is InChI=1S/C15H19NO3S/c1-2-15(14(18)19)7-4-8-16(15)13(17)12-9-10-5-3-6-11(10)20-12/h9H,2-8H2,1H3,(H,18,19). The lowest BCUT2D eigenvalue weighted by atomic mass is 9.93. The van der Waals surface area contributed by atoms with E-state index >= 15 is 0 Å². The lowest BCUT2D eigenvalue weighted by Crippen LogP contribution is -2.52. The lowest BCUT2D eigenvalue weighted by Gasteiger charge is -2.33. The van der Waals surface area contributed by atoms with Gasteiger partial charge in [0.05, 0.1) is 4.88 Å². The van der Waals surface area contributed by atoms with Crippen LogP contribution in [0, 0.1) is 0 Å². The fourth-order valence-electron chi connectivity index (χ4n) is 3.48. The van der Waals surface area contributed by atoms with Gasteiger partial charge in [-0.2, -0.15) is 0 Å². The Kier molecular flexibility index (Phi) is 3.32. The molecule has 4 nitrogen and oxygen atoms in total. The molecule has 1 amide bonds. The highest BCUT2D eigenvalue weighted by Crippen LogP contribution is 2.37. The lowest BCUT2D eigenvalue weighted by molar-refractivity contribution is -0.148. The first-order chi connectivity index (χ1) is 9.58. The number of aliphatic carboxylic acids is 1. The summed E-state index contributed by atoms with van der Waals surface area (Å²) >= 11 is 1.56. The number of likely N-dealkylation sites (tertiary alicyclic amines) is 1. The van der Waals surface area contributed by atoms with Crippen molar-refractivity contribution in [1.82, 2.24) is 4.90 Å². The number of carbonyl (C=O) groups excluding carboxylic acids is 1. The van der Waals surface area contributed by atoms with Gasteiger partial charge in [-0.3, -0.25) is 4.79 Å². The topological polar surface area (TPSA) is 57.6 Å². The molecule has 1 aliphatic heterocycles. The molecule has 1 aliphatic carbocycles. The highest BCUT2D eigenvalue weighted by molar-refractivity contribution is 7.14. The fourth-order valence-corrected chi connectivity index (χ4v) is 4.69. The maximum atomic E-state index is 12.7. The molecular weight excluding hydrogens is 274 g/mol. The van der Waals surface area contributed by atoms with E-state index in [4.69, 9.17) is 0 Å². The molecule has 2 aliphatic rings. The van der Waals surface area contributed by atoms with Crippen molar-refractivity contribution < 1.29 is 14.7 Å². The Morgan fingerprint density at radius 2 is 2.20 bits per heavy atom. The summed E-state index contributed by atoms with van der Waals surface area (Å²) in [5.74, 6) is -0.957. The van der Waals surface area contributed by atoms with E-state index in [9.17, 15) is 14.7 Å². The average Bonchev–Trinajstić information content (AvgIpc) is 3.11. The van der Waals surface area contributed by atoms with Crippen LogP contribution in [0.5, 0.6) is 0 Å². The van der Waals surface area contributed by atoms with E-state index in [-0.39, 0.29) is 5.91 Å². The minimum absolute atomic E-state index is 0.0915. The van der Waals surface area contributed by atoms with Gasteiger partial charge in [-0.15, -0.1) is 11.3 Å². The second-order valence-electron chi connectivity index (χ2n) is 5.66. The summed E-state index contributed by atoms with van der Waals surface area (Å²) in [6.07, 6.45) is 5.10. The van der Waals surface area contributed by atoms with E-state index in [0.717, 1.165) is 24.1 Å². The van der Waals surface area contributed by atoms with Crippen LogP contribution in [0.4, 0.5) is 0 Å². The number of fused-ring (bicyclic) bond motifs is 1. The van der Waals surface area contributed by atoms with Gasteiger partial charge in [0.2, 0.25) is 0 Å². The van der Waals surface area contributed by atoms with Crippen LogP contribution in [0.2, 0.25) is 0 Å². The van der Waals surface area contributed by atoms with Crippen molar-refractivity contribution >= 4 is 23.2 Å². The Hall–Kier alpha value is -1.36. The van der Waals surface area contributed by atoms with Crippen molar-refractivity contribution in [3.05, 3.63) is 21.4 Å². The SMILES string of the molecule is CCC1(C(=O)O)CCCN1C(=O)c1cc2c(s1)CCC2. The predicted octanol–water partition coefficient (Wildman–Crippen LogP) is 2.71. The first-order valence-electron chi connectivity index (χ1n) is 7.25. The van der Waals surface area contributed by atoms with Gasteiger partial charge in [-0.05, 0) is 50.2 Å². The molecule has 1 saturated heterocycles. The van der Waals surface area contributed by atoms with E-state index in [1.807, 2.05) is 13.0 Å². The Bertz CT molecular complexity index is 544. The van der Waals surface area contributed by atoms with Crippen molar-refractivity contribution in [2.75, 3.05) is 6.54 Å². The van der Waals surface area contributed by atoms with Crippen molar-refractivity contribution in [2.24, 2.45) is 0 Å². The highest BCUT2D eigenvalue weighted by Gasteiger charge is 2.49. The third kappa shape index (κ3) is 1.87. The number of amides is 1. The number of carboxylic acids is 1. The van der Waals surface area contributed by atoms with E-state index in [1.54, 1.807) is 16.2 Å². The molecule has 20 heavy (non-hydrogen) atoms. The van der Waals surface area contributed by atoms with Gasteiger partial charge >= 0.3 is 5.97 Å². The minimum atomic E-state index is -0.995. The summed E-state index contributed by atoms with van der Waals surface area (Å²) in [4.78, 5) is 28.0. The Balaban J connectivity index is 1.90. The van der Waals surface area contributed by atoms with Crippen LogP contribution in [-0.2, 0) is 17.6 Å². The van der Waals surface area contributed by atoms with Crippen LogP contribution in [0.3, 0.4) is 0 Å². The third-order valence-electron chi connectivity index (χ3n) is 4.67. The zero-order valence-electron chi connectivity index (χ0n) is 11.6. The van der Waals surface area contributed by atoms with Gasteiger partial charge in [0.15, 0.2) is 0 Å². The number of aryl methyl sites for hydroxylation is 2. The molecule has 1 atom stereocenters. The number of thiophene rings is 1. The van der Waals surface area contributed by atoms with Crippen LogP contribution in [-0.4, -0.2) is 34.0 Å². The van der Waals surface area contributed by atoms with E-state index < -0.39 is 11.5 Å².